The molecule has 0 saturated heterocycles. The number of hydrogen-bond acceptors (Lipinski definition) is 2. The van der Waals surface area contributed by atoms with Crippen LogP contribution in [-0.2, 0) is 4.74 Å². The Kier molecular flexibility index (Phi) is 6.04. The molecule has 0 bridgehead atoms. The number of nitrogens with one attached hydrogen (secondary N) is 1. The lowest BCUT2D eigenvalue weighted by Gasteiger charge is -2.48. The average Bonchev–Trinajstić information content (AvgIpc) is 2.38. The van der Waals surface area contributed by atoms with E-state index in [1.807, 2.05) is 6.07 Å². The molecule has 0 aliphatic heterocycles. The van der Waals surface area contributed by atoms with Gasteiger partial charge in [-0.1, -0.05) is 19.9 Å². The molecule has 2 rings (SSSR count). The van der Waals surface area contributed by atoms with Gasteiger partial charge in [-0.15, -0.1) is 24.0 Å². The highest BCUT2D eigenvalue weighted by atomic mass is 127. The largest absolute Gasteiger partial charge is 0.381 e. The van der Waals surface area contributed by atoms with Crippen LogP contribution in [0.4, 0.5) is 5.69 Å². The first-order valence-corrected chi connectivity index (χ1v) is 7.05. The maximum atomic E-state index is 6.01. The minimum absolute atomic E-state index is 0. The number of halogens is 1. The molecule has 0 spiro atoms. The first-order chi connectivity index (χ1) is 9.34. The van der Waals surface area contributed by atoms with Crippen molar-refractivity contribution < 1.29 is 4.74 Å². The number of ether oxygens (including phenoxy) is 1. The van der Waals surface area contributed by atoms with Crippen molar-refractivity contribution in [2.75, 3.05) is 12.4 Å². The summed E-state index contributed by atoms with van der Waals surface area (Å²) < 4.78 is 5.43. The normalized spacial score (nSPS) is 24.0. The van der Waals surface area contributed by atoms with Gasteiger partial charge in [0.25, 0.3) is 0 Å². The summed E-state index contributed by atoms with van der Waals surface area (Å²) in [7, 11) is 1.75. The molecule has 3 N–H and O–H groups in total. The van der Waals surface area contributed by atoms with Crippen LogP contribution in [0.1, 0.15) is 31.4 Å². The topological polar surface area (TPSA) is 59.6 Å². The summed E-state index contributed by atoms with van der Waals surface area (Å²) in [5.41, 5.74) is 9.55. The molecule has 118 valence electrons. The van der Waals surface area contributed by atoms with Crippen molar-refractivity contribution >= 4 is 35.6 Å². The number of nitrogens with two attached hydrogens (primary N) is 1. The van der Waals surface area contributed by atoms with E-state index in [-0.39, 0.29) is 41.5 Å². The van der Waals surface area contributed by atoms with Crippen LogP contribution in [0, 0.1) is 19.3 Å². The van der Waals surface area contributed by atoms with Gasteiger partial charge in [-0.05, 0) is 43.5 Å². The van der Waals surface area contributed by atoms with E-state index in [1.165, 1.54) is 11.1 Å². The highest BCUT2D eigenvalue weighted by molar-refractivity contribution is 14.0. The van der Waals surface area contributed by atoms with Crippen molar-refractivity contribution in [3.8, 4) is 0 Å². The van der Waals surface area contributed by atoms with Crippen molar-refractivity contribution in [2.45, 2.75) is 46.3 Å². The van der Waals surface area contributed by atoms with E-state index < -0.39 is 0 Å². The lowest BCUT2D eigenvalue weighted by molar-refractivity contribution is -0.0850. The summed E-state index contributed by atoms with van der Waals surface area (Å²) in [6.07, 6.45) is 1.20. The Balaban J connectivity index is 0.00000220. The van der Waals surface area contributed by atoms with Crippen LogP contribution in [0.25, 0.3) is 0 Å². The molecule has 0 aromatic heterocycles. The number of methoxy groups -OCH3 is 1. The van der Waals surface area contributed by atoms with Gasteiger partial charge in [-0.25, -0.2) is 4.99 Å². The zero-order chi connectivity index (χ0) is 14.9. The van der Waals surface area contributed by atoms with Gasteiger partial charge in [0.15, 0.2) is 5.96 Å². The summed E-state index contributed by atoms with van der Waals surface area (Å²) in [6.45, 7) is 8.52. The molecule has 0 amide bonds. The smallest absolute Gasteiger partial charge is 0.193 e. The Morgan fingerprint density at radius 3 is 2.52 bits per heavy atom. The third-order valence-electron chi connectivity index (χ3n) is 4.48. The Morgan fingerprint density at radius 1 is 1.33 bits per heavy atom. The highest BCUT2D eigenvalue weighted by Gasteiger charge is 2.48. The minimum Gasteiger partial charge on any atom is -0.381 e. The molecule has 0 radical (unpaired) electrons. The number of anilines is 1. The lowest BCUT2D eigenvalue weighted by atomic mass is 9.65. The van der Waals surface area contributed by atoms with Crippen LogP contribution in [-0.4, -0.2) is 25.2 Å². The molecule has 1 aliphatic carbocycles. The molecule has 21 heavy (non-hydrogen) atoms. The Hall–Kier alpha value is -0.820. The van der Waals surface area contributed by atoms with Gasteiger partial charge in [0.05, 0.1) is 12.1 Å². The van der Waals surface area contributed by atoms with Crippen molar-refractivity contribution in [3.05, 3.63) is 29.3 Å². The van der Waals surface area contributed by atoms with Gasteiger partial charge in [-0.3, -0.25) is 0 Å². The fraction of sp³-hybridized carbons (Fsp3) is 0.562. The predicted molar refractivity (Wildman–Crippen MR) is 99.6 cm³/mol. The second-order valence-corrected chi connectivity index (χ2v) is 6.24. The zero-order valence-electron chi connectivity index (χ0n) is 13.4. The summed E-state index contributed by atoms with van der Waals surface area (Å²) in [6, 6.07) is 6.40. The Bertz CT molecular complexity index is 528. The summed E-state index contributed by atoms with van der Waals surface area (Å²) in [5, 5.41) is 3.17. The van der Waals surface area contributed by atoms with E-state index in [2.05, 4.69) is 50.1 Å². The molecule has 1 aliphatic rings. The average molecular weight is 403 g/mol. The molecule has 1 saturated carbocycles. The van der Waals surface area contributed by atoms with E-state index >= 15 is 0 Å². The van der Waals surface area contributed by atoms with Gasteiger partial charge >= 0.3 is 0 Å². The quantitative estimate of drug-likeness (QED) is 0.462. The number of nitrogens with zero attached hydrogens (tertiary/aromatic N) is 1. The van der Waals surface area contributed by atoms with E-state index in [0.29, 0.717) is 5.96 Å². The van der Waals surface area contributed by atoms with Crippen molar-refractivity contribution in [3.63, 3.8) is 0 Å². The molecule has 5 heteroatoms. The molecule has 1 fully saturated rings. The van der Waals surface area contributed by atoms with E-state index in [0.717, 1.165) is 12.1 Å². The Morgan fingerprint density at radius 2 is 2.00 bits per heavy atom. The van der Waals surface area contributed by atoms with Gasteiger partial charge in [0, 0.05) is 18.2 Å². The summed E-state index contributed by atoms with van der Waals surface area (Å²) in [4.78, 5) is 4.58. The number of hydrogen-bond donors (Lipinski definition) is 2. The number of aliphatic imine (C=N–C) groups is 1. The third kappa shape index (κ3) is 3.88. The summed E-state index contributed by atoms with van der Waals surface area (Å²) >= 11 is 0. The van der Waals surface area contributed by atoms with E-state index in [9.17, 15) is 0 Å². The van der Waals surface area contributed by atoms with Gasteiger partial charge in [0.1, 0.15) is 0 Å². The van der Waals surface area contributed by atoms with Crippen LogP contribution in [0.15, 0.2) is 23.2 Å². The molecule has 2 atom stereocenters. The fourth-order valence-corrected chi connectivity index (χ4v) is 2.65. The second-order valence-electron chi connectivity index (χ2n) is 6.24. The van der Waals surface area contributed by atoms with Gasteiger partial charge < -0.3 is 15.8 Å². The first-order valence-electron chi connectivity index (χ1n) is 7.05. The van der Waals surface area contributed by atoms with Crippen LogP contribution in [0.2, 0.25) is 0 Å². The number of aryl methyl sites for hydroxylation is 2. The fourth-order valence-electron chi connectivity index (χ4n) is 2.65. The first kappa shape index (κ1) is 18.2. The number of benzene rings is 1. The maximum absolute atomic E-state index is 6.01. The van der Waals surface area contributed by atoms with Crippen LogP contribution in [0.3, 0.4) is 0 Å². The van der Waals surface area contributed by atoms with Gasteiger partial charge in [0.2, 0.25) is 0 Å². The second kappa shape index (κ2) is 6.96. The van der Waals surface area contributed by atoms with Crippen molar-refractivity contribution in [1.82, 2.24) is 0 Å². The zero-order valence-corrected chi connectivity index (χ0v) is 15.8. The Labute approximate surface area is 144 Å². The van der Waals surface area contributed by atoms with E-state index in [4.69, 9.17) is 10.5 Å². The summed E-state index contributed by atoms with van der Waals surface area (Å²) in [5.74, 6) is 0.473. The van der Waals surface area contributed by atoms with Crippen molar-refractivity contribution in [1.29, 1.82) is 0 Å². The number of rotatable bonds is 3. The minimum atomic E-state index is 0. The monoisotopic (exact) mass is 403 g/mol. The van der Waals surface area contributed by atoms with Crippen molar-refractivity contribution in [2.24, 2.45) is 16.1 Å². The highest BCUT2D eigenvalue weighted by Crippen LogP contribution is 2.44. The van der Waals surface area contributed by atoms with Crippen LogP contribution in [0.5, 0.6) is 0 Å². The standard InChI is InChI=1S/C16H25N3O.HI/c1-10-6-7-12(8-11(10)2)18-15(17)19-13-9-14(20-5)16(13,3)4;/h6-8,13-14H,9H2,1-5H3,(H3,17,18,19);1H. The third-order valence-corrected chi connectivity index (χ3v) is 4.48. The SMILES string of the molecule is COC1CC(N=C(N)Nc2ccc(C)c(C)c2)C1(C)C.I. The molecule has 1 aromatic rings. The van der Waals surface area contributed by atoms with Gasteiger partial charge in [-0.2, -0.15) is 0 Å². The molecular formula is C16H26IN3O. The van der Waals surface area contributed by atoms with Crippen LogP contribution >= 0.6 is 24.0 Å². The maximum Gasteiger partial charge on any atom is 0.193 e. The molecular weight excluding hydrogens is 377 g/mol. The van der Waals surface area contributed by atoms with E-state index in [1.54, 1.807) is 7.11 Å². The lowest BCUT2D eigenvalue weighted by Crippen LogP contribution is -2.54. The molecule has 2 unspecified atom stereocenters. The molecule has 4 nitrogen and oxygen atoms in total. The predicted octanol–water partition coefficient (Wildman–Crippen LogP) is 3.46. The van der Waals surface area contributed by atoms with Crippen LogP contribution < -0.4 is 11.1 Å². The molecule has 0 heterocycles. The molecule has 1 aromatic carbocycles. The number of guanidine groups is 1.